The van der Waals surface area contributed by atoms with E-state index in [0.29, 0.717) is 6.54 Å². The lowest BCUT2D eigenvalue weighted by molar-refractivity contribution is 0.298. The molecule has 0 spiro atoms. The minimum absolute atomic E-state index is 0.188. The molecule has 92 valence electrons. The Morgan fingerprint density at radius 3 is 2.75 bits per heavy atom. The van der Waals surface area contributed by atoms with Crippen molar-refractivity contribution in [1.82, 2.24) is 4.90 Å². The van der Waals surface area contributed by atoms with Crippen LogP contribution < -0.4 is 11.5 Å². The van der Waals surface area contributed by atoms with Crippen LogP contribution in [0.1, 0.15) is 26.7 Å². The monoisotopic (exact) mass is 224 g/mol. The number of nitrogens with zero attached hydrogens (tertiary/aromatic N) is 2. The van der Waals surface area contributed by atoms with Crippen molar-refractivity contribution in [3.8, 4) is 0 Å². The normalized spacial score (nSPS) is 17.3. The van der Waals surface area contributed by atoms with Crippen LogP contribution in [0.15, 0.2) is 16.6 Å². The van der Waals surface area contributed by atoms with Crippen molar-refractivity contribution in [2.45, 2.75) is 26.7 Å². The third-order valence-electron chi connectivity index (χ3n) is 2.77. The molecule has 0 radical (unpaired) electrons. The summed E-state index contributed by atoms with van der Waals surface area (Å²) >= 11 is 0. The summed E-state index contributed by atoms with van der Waals surface area (Å²) in [6.45, 7) is 8.37. The van der Waals surface area contributed by atoms with Crippen molar-refractivity contribution in [3.05, 3.63) is 11.6 Å². The quantitative estimate of drug-likeness (QED) is 0.415. The third-order valence-corrected chi connectivity index (χ3v) is 2.77. The van der Waals surface area contributed by atoms with Gasteiger partial charge in [0.25, 0.3) is 0 Å². The van der Waals surface area contributed by atoms with E-state index in [0.717, 1.165) is 25.6 Å². The standard InChI is InChI=1S/C12H24N4/c1-10(2)9-11-3-6-16(7-4-11)8-5-15-12(13)14/h3,10H,4-9H2,1-2H3,(H4,13,14,15). The Kier molecular flexibility index (Phi) is 5.32. The fraction of sp³-hybridized carbons (Fsp3) is 0.750. The Morgan fingerprint density at radius 1 is 1.50 bits per heavy atom. The first-order valence-corrected chi connectivity index (χ1v) is 6.03. The molecule has 0 saturated carbocycles. The van der Waals surface area contributed by atoms with Crippen molar-refractivity contribution >= 4 is 5.96 Å². The highest BCUT2D eigenvalue weighted by Crippen LogP contribution is 2.18. The maximum Gasteiger partial charge on any atom is 0.185 e. The lowest BCUT2D eigenvalue weighted by atomic mass is 9.98. The van der Waals surface area contributed by atoms with Crippen LogP contribution in [-0.4, -0.2) is 37.0 Å². The van der Waals surface area contributed by atoms with Crippen LogP contribution in [0.25, 0.3) is 0 Å². The van der Waals surface area contributed by atoms with Crippen LogP contribution >= 0.6 is 0 Å². The molecule has 0 amide bonds. The first-order chi connectivity index (χ1) is 7.58. The van der Waals surface area contributed by atoms with E-state index >= 15 is 0 Å². The van der Waals surface area contributed by atoms with Crippen LogP contribution in [0.4, 0.5) is 0 Å². The summed E-state index contributed by atoms with van der Waals surface area (Å²) in [6.07, 6.45) is 4.79. The molecule has 4 heteroatoms. The van der Waals surface area contributed by atoms with Gasteiger partial charge in [0.1, 0.15) is 0 Å². The van der Waals surface area contributed by atoms with Gasteiger partial charge in [0.2, 0.25) is 0 Å². The highest BCUT2D eigenvalue weighted by molar-refractivity contribution is 5.75. The van der Waals surface area contributed by atoms with Gasteiger partial charge in [-0.25, -0.2) is 0 Å². The Bertz CT molecular complexity index is 264. The average molecular weight is 224 g/mol. The van der Waals surface area contributed by atoms with Gasteiger partial charge in [0, 0.05) is 19.6 Å². The second-order valence-electron chi connectivity index (χ2n) is 4.82. The van der Waals surface area contributed by atoms with Gasteiger partial charge in [-0.2, -0.15) is 0 Å². The predicted molar refractivity (Wildman–Crippen MR) is 69.3 cm³/mol. The van der Waals surface area contributed by atoms with Gasteiger partial charge in [0.05, 0.1) is 6.54 Å². The highest BCUT2D eigenvalue weighted by Gasteiger charge is 2.11. The third kappa shape index (κ3) is 5.16. The van der Waals surface area contributed by atoms with Gasteiger partial charge in [-0.15, -0.1) is 0 Å². The van der Waals surface area contributed by atoms with Crippen LogP contribution in [0.2, 0.25) is 0 Å². The van der Waals surface area contributed by atoms with Gasteiger partial charge < -0.3 is 11.5 Å². The molecule has 0 aromatic carbocycles. The van der Waals surface area contributed by atoms with E-state index in [4.69, 9.17) is 11.5 Å². The average Bonchev–Trinajstić information content (AvgIpc) is 2.19. The number of hydrogen-bond donors (Lipinski definition) is 2. The number of aliphatic imine (C=N–C) groups is 1. The maximum atomic E-state index is 5.28. The topological polar surface area (TPSA) is 67.6 Å². The first-order valence-electron chi connectivity index (χ1n) is 6.03. The molecule has 1 rings (SSSR count). The second-order valence-corrected chi connectivity index (χ2v) is 4.82. The minimum Gasteiger partial charge on any atom is -0.370 e. The first kappa shape index (κ1) is 13.0. The Labute approximate surface area is 98.4 Å². The zero-order valence-electron chi connectivity index (χ0n) is 10.4. The van der Waals surface area contributed by atoms with Crippen molar-refractivity contribution in [1.29, 1.82) is 0 Å². The molecular formula is C12H24N4. The van der Waals surface area contributed by atoms with E-state index in [1.165, 1.54) is 12.8 Å². The smallest absolute Gasteiger partial charge is 0.185 e. The summed E-state index contributed by atoms with van der Waals surface area (Å²) in [7, 11) is 0. The molecule has 0 aromatic rings. The molecule has 4 nitrogen and oxygen atoms in total. The molecule has 0 unspecified atom stereocenters. The minimum atomic E-state index is 0.188. The number of guanidine groups is 1. The van der Waals surface area contributed by atoms with Crippen molar-refractivity contribution in [2.75, 3.05) is 26.2 Å². The fourth-order valence-corrected chi connectivity index (χ4v) is 1.99. The molecule has 1 heterocycles. The second kappa shape index (κ2) is 6.53. The van der Waals surface area contributed by atoms with Crippen LogP contribution in [0.5, 0.6) is 0 Å². The number of hydrogen-bond acceptors (Lipinski definition) is 2. The van der Waals surface area contributed by atoms with Crippen molar-refractivity contribution in [3.63, 3.8) is 0 Å². The number of nitrogens with two attached hydrogens (primary N) is 2. The molecule has 1 aliphatic rings. The number of rotatable bonds is 5. The van der Waals surface area contributed by atoms with E-state index < -0.39 is 0 Å². The molecule has 1 aliphatic heterocycles. The van der Waals surface area contributed by atoms with Crippen LogP contribution in [-0.2, 0) is 0 Å². The Hall–Kier alpha value is -1.03. The largest absolute Gasteiger partial charge is 0.370 e. The van der Waals surface area contributed by atoms with E-state index in [1.54, 1.807) is 5.57 Å². The van der Waals surface area contributed by atoms with Crippen LogP contribution in [0.3, 0.4) is 0 Å². The summed E-state index contributed by atoms with van der Waals surface area (Å²) in [4.78, 5) is 6.38. The Morgan fingerprint density at radius 2 is 2.25 bits per heavy atom. The van der Waals surface area contributed by atoms with Crippen molar-refractivity contribution < 1.29 is 0 Å². The predicted octanol–water partition coefficient (Wildman–Crippen LogP) is 0.938. The molecular weight excluding hydrogens is 200 g/mol. The summed E-state index contributed by atoms with van der Waals surface area (Å²) in [5, 5.41) is 0. The van der Waals surface area contributed by atoms with Gasteiger partial charge in [0.15, 0.2) is 5.96 Å². The SMILES string of the molecule is CC(C)CC1=CCN(CCN=C(N)N)CC1. The Balaban J connectivity index is 2.25. The van der Waals surface area contributed by atoms with Gasteiger partial charge in [-0.1, -0.05) is 25.5 Å². The lowest BCUT2D eigenvalue weighted by Crippen LogP contribution is -2.32. The molecule has 4 N–H and O–H groups in total. The maximum absolute atomic E-state index is 5.28. The molecule has 0 aromatic heterocycles. The lowest BCUT2D eigenvalue weighted by Gasteiger charge is -2.26. The van der Waals surface area contributed by atoms with Gasteiger partial charge in [-0.3, -0.25) is 9.89 Å². The van der Waals surface area contributed by atoms with E-state index in [9.17, 15) is 0 Å². The zero-order chi connectivity index (χ0) is 12.0. The van der Waals surface area contributed by atoms with Gasteiger partial charge >= 0.3 is 0 Å². The molecule has 0 saturated heterocycles. The molecule has 16 heavy (non-hydrogen) atoms. The van der Waals surface area contributed by atoms with E-state index in [-0.39, 0.29) is 5.96 Å². The van der Waals surface area contributed by atoms with E-state index in [1.807, 2.05) is 0 Å². The van der Waals surface area contributed by atoms with Gasteiger partial charge in [-0.05, 0) is 18.8 Å². The van der Waals surface area contributed by atoms with Crippen LogP contribution in [0, 0.1) is 5.92 Å². The van der Waals surface area contributed by atoms with Crippen molar-refractivity contribution in [2.24, 2.45) is 22.4 Å². The summed E-state index contributed by atoms with van der Waals surface area (Å²) < 4.78 is 0. The highest BCUT2D eigenvalue weighted by atomic mass is 15.1. The zero-order valence-corrected chi connectivity index (χ0v) is 10.4. The molecule has 0 bridgehead atoms. The summed E-state index contributed by atoms with van der Waals surface area (Å²) in [6, 6.07) is 0. The molecule has 0 fully saturated rings. The fourth-order valence-electron chi connectivity index (χ4n) is 1.99. The summed E-state index contributed by atoms with van der Waals surface area (Å²) in [5.74, 6) is 0.951. The summed E-state index contributed by atoms with van der Waals surface area (Å²) in [5.41, 5.74) is 12.2. The molecule has 0 atom stereocenters. The molecule has 0 aliphatic carbocycles. The van der Waals surface area contributed by atoms with E-state index in [2.05, 4.69) is 29.8 Å².